The van der Waals surface area contributed by atoms with Gasteiger partial charge in [0.15, 0.2) is 15.3 Å². The highest BCUT2D eigenvalue weighted by Crippen LogP contribution is 2.34. The summed E-state index contributed by atoms with van der Waals surface area (Å²) in [6, 6.07) is 13.7. The molecule has 230 valence electrons. The van der Waals surface area contributed by atoms with Gasteiger partial charge in [0.05, 0.1) is 32.8 Å². The monoisotopic (exact) mass is 699 g/mol. The van der Waals surface area contributed by atoms with Crippen LogP contribution < -0.4 is 10.1 Å². The molecule has 3 aromatic heterocycles. The fraction of sp³-hybridized carbons (Fsp3) is 0.290. The van der Waals surface area contributed by atoms with E-state index in [1.807, 2.05) is 36.6 Å². The van der Waals surface area contributed by atoms with Crippen molar-refractivity contribution in [2.75, 3.05) is 5.32 Å². The highest BCUT2D eigenvalue weighted by atomic mass is 79.9. The Labute approximate surface area is 268 Å². The predicted molar refractivity (Wildman–Crippen MR) is 174 cm³/mol. The van der Waals surface area contributed by atoms with E-state index in [2.05, 4.69) is 36.2 Å². The molecule has 13 heteroatoms. The molecule has 0 spiro atoms. The van der Waals surface area contributed by atoms with E-state index in [4.69, 9.17) is 14.5 Å². The van der Waals surface area contributed by atoms with Crippen molar-refractivity contribution >= 4 is 59.5 Å². The molecule has 0 saturated heterocycles. The average Bonchev–Trinajstić information content (AvgIpc) is 3.49. The van der Waals surface area contributed by atoms with Gasteiger partial charge in [0, 0.05) is 16.5 Å². The molecular weight excluding hydrogens is 669 g/mol. The molecule has 0 aliphatic heterocycles. The van der Waals surface area contributed by atoms with Gasteiger partial charge in [0.2, 0.25) is 0 Å². The van der Waals surface area contributed by atoms with E-state index >= 15 is 0 Å². The number of nitrogens with zero attached hydrogens (tertiary/aromatic N) is 4. The first-order valence-corrected chi connectivity index (χ1v) is 17.2. The van der Waals surface area contributed by atoms with Gasteiger partial charge in [-0.3, -0.25) is 4.98 Å². The summed E-state index contributed by atoms with van der Waals surface area (Å²) in [6.07, 6.45) is 3.24. The number of pyridine rings is 1. The van der Waals surface area contributed by atoms with E-state index in [-0.39, 0.29) is 12.4 Å². The first-order chi connectivity index (χ1) is 21.0. The zero-order valence-corrected chi connectivity index (χ0v) is 27.7. The number of ether oxygens (including phenoxy) is 2. The maximum absolute atomic E-state index is 13.5. The summed E-state index contributed by atoms with van der Waals surface area (Å²) in [5.74, 6) is 0.888. The van der Waals surface area contributed by atoms with Gasteiger partial charge in [-0.05, 0) is 85.1 Å². The van der Waals surface area contributed by atoms with Crippen LogP contribution in [0.5, 0.6) is 5.75 Å². The number of benzene rings is 2. The van der Waals surface area contributed by atoms with Gasteiger partial charge in [0.1, 0.15) is 41.4 Å². The minimum atomic E-state index is -3.41. The Bertz CT molecular complexity index is 1890. The lowest BCUT2D eigenvalue weighted by atomic mass is 10.2. The Morgan fingerprint density at radius 1 is 1.05 bits per heavy atom. The molecule has 0 saturated carbocycles. The van der Waals surface area contributed by atoms with Gasteiger partial charge >= 0.3 is 0 Å². The minimum absolute atomic E-state index is 0.231. The highest BCUT2D eigenvalue weighted by Gasteiger charge is 2.29. The Hall–Kier alpha value is -3.52. The van der Waals surface area contributed by atoms with Gasteiger partial charge < -0.3 is 14.8 Å². The fourth-order valence-corrected chi connectivity index (χ4v) is 6.87. The summed E-state index contributed by atoms with van der Waals surface area (Å²) in [7, 11) is -3.41. The molecule has 5 aromatic rings. The maximum Gasteiger partial charge on any atom is 0.179 e. The van der Waals surface area contributed by atoms with Crippen molar-refractivity contribution in [2.45, 2.75) is 57.5 Å². The summed E-state index contributed by atoms with van der Waals surface area (Å²) in [5, 5.41) is 6.12. The van der Waals surface area contributed by atoms with Crippen molar-refractivity contribution in [3.8, 4) is 17.1 Å². The number of aromatic nitrogens is 4. The fourth-order valence-electron chi connectivity index (χ4n) is 4.39. The van der Waals surface area contributed by atoms with Crippen LogP contribution in [0.2, 0.25) is 0 Å². The number of nitrogens with one attached hydrogen (secondary N) is 1. The van der Waals surface area contributed by atoms with Gasteiger partial charge in [-0.2, -0.15) is 0 Å². The number of hydrogen-bond donors (Lipinski definition) is 1. The summed E-state index contributed by atoms with van der Waals surface area (Å²) < 4.78 is 51.2. The van der Waals surface area contributed by atoms with Crippen molar-refractivity contribution in [3.05, 3.63) is 87.3 Å². The Kier molecular flexibility index (Phi) is 9.88. The van der Waals surface area contributed by atoms with Crippen molar-refractivity contribution in [1.82, 2.24) is 19.9 Å². The molecule has 5 rings (SSSR count). The SMILES string of the molecule is CCC(OC(C)S(=O)(=O)C(C)C)c1nc(-c2cc3c(Nc4ccc(OCc5cccc(F)c5)c(Br)c4)ncnc3cn2)cs1. The number of sulfone groups is 1. The summed E-state index contributed by atoms with van der Waals surface area (Å²) in [4.78, 5) is 18.1. The second kappa shape index (κ2) is 13.6. The second-order valence-electron chi connectivity index (χ2n) is 10.3. The molecule has 2 aromatic carbocycles. The molecule has 0 radical (unpaired) electrons. The van der Waals surface area contributed by atoms with E-state index in [1.165, 1.54) is 29.8 Å². The van der Waals surface area contributed by atoms with Crippen LogP contribution in [-0.2, 0) is 21.2 Å². The minimum Gasteiger partial charge on any atom is -0.488 e. The van der Waals surface area contributed by atoms with Crippen molar-refractivity contribution in [3.63, 3.8) is 0 Å². The third kappa shape index (κ3) is 7.23. The first kappa shape index (κ1) is 31.9. The van der Waals surface area contributed by atoms with Crippen LogP contribution >= 0.6 is 27.3 Å². The molecule has 0 aliphatic rings. The van der Waals surface area contributed by atoms with Crippen LogP contribution in [0.1, 0.15) is 50.8 Å². The van der Waals surface area contributed by atoms with Gasteiger partial charge in [-0.25, -0.2) is 27.8 Å². The van der Waals surface area contributed by atoms with E-state index in [0.717, 1.165) is 21.1 Å². The molecule has 0 fully saturated rings. The summed E-state index contributed by atoms with van der Waals surface area (Å²) in [5.41, 5.74) is 2.47. The van der Waals surface area contributed by atoms with E-state index in [9.17, 15) is 12.8 Å². The smallest absolute Gasteiger partial charge is 0.179 e. The number of anilines is 2. The Morgan fingerprint density at radius 3 is 2.59 bits per heavy atom. The largest absolute Gasteiger partial charge is 0.488 e. The quantitative estimate of drug-likeness (QED) is 0.138. The lowest BCUT2D eigenvalue weighted by molar-refractivity contribution is 0.0349. The van der Waals surface area contributed by atoms with E-state index in [0.29, 0.717) is 39.9 Å². The normalized spacial score (nSPS) is 13.2. The molecule has 2 atom stereocenters. The molecule has 1 N–H and O–H groups in total. The van der Waals surface area contributed by atoms with Crippen molar-refractivity contribution in [1.29, 1.82) is 0 Å². The third-order valence-electron chi connectivity index (χ3n) is 6.91. The van der Waals surface area contributed by atoms with Crippen LogP contribution in [0, 0.1) is 5.82 Å². The predicted octanol–water partition coefficient (Wildman–Crippen LogP) is 8.01. The molecule has 2 unspecified atom stereocenters. The lowest BCUT2D eigenvalue weighted by Crippen LogP contribution is -2.29. The molecule has 0 bridgehead atoms. The molecule has 0 amide bonds. The highest BCUT2D eigenvalue weighted by molar-refractivity contribution is 9.10. The first-order valence-electron chi connectivity index (χ1n) is 13.9. The van der Waals surface area contributed by atoms with Crippen LogP contribution in [0.4, 0.5) is 15.9 Å². The molecule has 0 aliphatic carbocycles. The zero-order chi connectivity index (χ0) is 31.4. The van der Waals surface area contributed by atoms with Gasteiger partial charge in [-0.15, -0.1) is 11.3 Å². The number of fused-ring (bicyclic) bond motifs is 1. The van der Waals surface area contributed by atoms with Crippen molar-refractivity contribution < 1.29 is 22.3 Å². The zero-order valence-electron chi connectivity index (χ0n) is 24.5. The van der Waals surface area contributed by atoms with Crippen LogP contribution in [0.25, 0.3) is 22.3 Å². The lowest BCUT2D eigenvalue weighted by Gasteiger charge is -2.21. The standard InChI is InChI=1S/C31H31BrFN5O4S2/c1-5-28(42-19(4)44(39,40)18(2)3)31-38-27(16-43-31)25-13-23-26(14-34-25)35-17-36-30(23)37-22-9-10-29(24(32)12-22)41-15-20-7-6-8-21(33)11-20/h6-14,16-19,28H,5,15H2,1-4H3,(H,35,36,37). The summed E-state index contributed by atoms with van der Waals surface area (Å²) in [6.45, 7) is 7.03. The number of rotatable bonds is 12. The van der Waals surface area contributed by atoms with E-state index < -0.39 is 26.6 Å². The van der Waals surface area contributed by atoms with Gasteiger partial charge in [0.25, 0.3) is 0 Å². The maximum atomic E-state index is 13.5. The molecule has 9 nitrogen and oxygen atoms in total. The van der Waals surface area contributed by atoms with Crippen LogP contribution in [0.15, 0.2) is 70.9 Å². The Balaban J connectivity index is 1.34. The third-order valence-corrected chi connectivity index (χ3v) is 10.8. The van der Waals surface area contributed by atoms with Crippen molar-refractivity contribution in [2.24, 2.45) is 0 Å². The number of halogens is 2. The average molecular weight is 701 g/mol. The molecule has 3 heterocycles. The van der Waals surface area contributed by atoms with Crippen LogP contribution in [0.3, 0.4) is 0 Å². The number of thiazole rings is 1. The number of hydrogen-bond acceptors (Lipinski definition) is 10. The Morgan fingerprint density at radius 2 is 1.86 bits per heavy atom. The van der Waals surface area contributed by atoms with Gasteiger partial charge in [-0.1, -0.05) is 19.1 Å². The molecular formula is C31H31BrFN5O4S2. The second-order valence-corrected chi connectivity index (χ2v) is 14.8. The molecule has 44 heavy (non-hydrogen) atoms. The topological polar surface area (TPSA) is 116 Å². The van der Waals surface area contributed by atoms with Crippen LogP contribution in [-0.4, -0.2) is 39.0 Å². The summed E-state index contributed by atoms with van der Waals surface area (Å²) >= 11 is 4.96. The van der Waals surface area contributed by atoms with E-state index in [1.54, 1.807) is 39.1 Å².